The van der Waals surface area contributed by atoms with E-state index in [0.717, 1.165) is 12.8 Å². The van der Waals surface area contributed by atoms with Gasteiger partial charge in [0.2, 0.25) is 0 Å². The molecule has 0 amide bonds. The topological polar surface area (TPSA) is 44.7 Å². The minimum absolute atomic E-state index is 0.00430. The number of nitrogens with zero attached hydrogens (tertiary/aromatic N) is 2. The van der Waals surface area contributed by atoms with Crippen molar-refractivity contribution >= 4 is 28.8 Å². The Morgan fingerprint density at radius 3 is 2.50 bits per heavy atom. The van der Waals surface area contributed by atoms with Crippen LogP contribution in [0.5, 0.6) is 0 Å². The molecule has 2 atom stereocenters. The van der Waals surface area contributed by atoms with Crippen molar-refractivity contribution in [2.45, 2.75) is 33.6 Å². The normalized spacial score (nSPS) is 35.1. The quantitative estimate of drug-likeness (QED) is 0.581. The number of Topliss-reactive ketones (excluding diaryl/α,β-unsaturated/α-hetero) is 1. The predicted octanol–water partition coefficient (Wildman–Crippen LogP) is 1.80. The Morgan fingerprint density at radius 1 is 1.44 bits per heavy atom. The first-order chi connectivity index (χ1) is 8.22. The summed E-state index contributed by atoms with van der Waals surface area (Å²) in [5.74, 6) is 0.449. The fourth-order valence-corrected chi connectivity index (χ4v) is 3.21. The van der Waals surface area contributed by atoms with Crippen LogP contribution in [0.4, 0.5) is 0 Å². The number of carbonyl (C=O) groups is 1. The maximum Gasteiger partial charge on any atom is 0.189 e. The molecule has 2 aliphatic rings. The van der Waals surface area contributed by atoms with Crippen molar-refractivity contribution < 1.29 is 4.79 Å². The second-order valence-electron chi connectivity index (χ2n) is 6.28. The molecule has 2 unspecified atom stereocenters. The van der Waals surface area contributed by atoms with Crippen molar-refractivity contribution in [1.82, 2.24) is 10.3 Å². The molecule has 2 bridgehead atoms. The van der Waals surface area contributed by atoms with Gasteiger partial charge in [-0.05, 0) is 30.5 Å². The fraction of sp³-hybridized carbons (Fsp3) is 0.769. The van der Waals surface area contributed by atoms with Crippen LogP contribution in [0.25, 0.3) is 0 Å². The summed E-state index contributed by atoms with van der Waals surface area (Å²) in [6, 6.07) is 0. The van der Waals surface area contributed by atoms with Crippen molar-refractivity contribution in [1.29, 1.82) is 0 Å². The second-order valence-corrected chi connectivity index (χ2v) is 6.67. The van der Waals surface area contributed by atoms with Crippen LogP contribution in [0, 0.1) is 16.7 Å². The molecular formula is C13H21N3OS. The van der Waals surface area contributed by atoms with Gasteiger partial charge in [0.1, 0.15) is 5.71 Å². The predicted molar refractivity (Wildman–Crippen MR) is 76.5 cm³/mol. The van der Waals surface area contributed by atoms with E-state index in [4.69, 9.17) is 12.2 Å². The molecule has 0 radical (unpaired) electrons. The molecule has 0 spiro atoms. The Kier molecular flexibility index (Phi) is 3.00. The summed E-state index contributed by atoms with van der Waals surface area (Å²) in [6.45, 7) is 6.42. The molecule has 0 aromatic rings. The number of ketones is 1. The average molecular weight is 267 g/mol. The number of rotatable bonds is 1. The zero-order valence-corrected chi connectivity index (χ0v) is 12.5. The van der Waals surface area contributed by atoms with Crippen LogP contribution >= 0.6 is 12.2 Å². The van der Waals surface area contributed by atoms with Gasteiger partial charge in [-0.3, -0.25) is 10.2 Å². The summed E-state index contributed by atoms with van der Waals surface area (Å²) < 4.78 is 0. The fourth-order valence-electron chi connectivity index (χ4n) is 3.16. The summed E-state index contributed by atoms with van der Waals surface area (Å²) in [5, 5.41) is 4.81. The van der Waals surface area contributed by atoms with Crippen LogP contribution < -0.4 is 5.43 Å². The van der Waals surface area contributed by atoms with Crippen molar-refractivity contribution in [3.8, 4) is 0 Å². The van der Waals surface area contributed by atoms with Crippen LogP contribution in [0.3, 0.4) is 0 Å². The number of hydrazone groups is 1. The van der Waals surface area contributed by atoms with Crippen LogP contribution in [0.15, 0.2) is 5.10 Å². The Hall–Kier alpha value is -0.970. The zero-order valence-electron chi connectivity index (χ0n) is 11.7. The largest absolute Gasteiger partial charge is 0.354 e. The van der Waals surface area contributed by atoms with E-state index < -0.39 is 0 Å². The Morgan fingerprint density at radius 2 is 2.06 bits per heavy atom. The number of nitrogens with one attached hydrogen (secondary N) is 1. The van der Waals surface area contributed by atoms with Crippen LogP contribution in [-0.4, -0.2) is 35.6 Å². The maximum atomic E-state index is 12.5. The monoisotopic (exact) mass is 267 g/mol. The lowest BCUT2D eigenvalue weighted by Crippen LogP contribution is -2.35. The molecule has 2 aliphatic carbocycles. The van der Waals surface area contributed by atoms with Gasteiger partial charge in [-0.2, -0.15) is 5.10 Å². The smallest absolute Gasteiger partial charge is 0.189 e. The molecule has 2 rings (SSSR count). The van der Waals surface area contributed by atoms with Gasteiger partial charge in [0, 0.05) is 25.4 Å². The number of hydrogen-bond donors (Lipinski definition) is 1. The summed E-state index contributed by atoms with van der Waals surface area (Å²) in [4.78, 5) is 14.2. The molecular weight excluding hydrogens is 246 g/mol. The van der Waals surface area contributed by atoms with Crippen molar-refractivity contribution in [2.24, 2.45) is 21.8 Å². The molecule has 2 fully saturated rings. The second kappa shape index (κ2) is 4.02. The number of fused-ring (bicyclic) bond motifs is 2. The van der Waals surface area contributed by atoms with E-state index in [2.05, 4.69) is 31.3 Å². The molecule has 0 heterocycles. The first-order valence-electron chi connectivity index (χ1n) is 6.31. The Labute approximate surface area is 114 Å². The highest BCUT2D eigenvalue weighted by Gasteiger charge is 2.65. The van der Waals surface area contributed by atoms with E-state index in [1.54, 1.807) is 4.90 Å². The molecule has 18 heavy (non-hydrogen) atoms. The molecule has 100 valence electrons. The highest BCUT2D eigenvalue weighted by molar-refractivity contribution is 7.80. The number of hydrogen-bond acceptors (Lipinski definition) is 3. The lowest BCUT2D eigenvalue weighted by atomic mass is 9.70. The van der Waals surface area contributed by atoms with Gasteiger partial charge in [-0.15, -0.1) is 0 Å². The third-order valence-electron chi connectivity index (χ3n) is 4.97. The highest BCUT2D eigenvalue weighted by atomic mass is 32.1. The Balaban J connectivity index is 2.25. The number of thiocarbonyl (C=S) groups is 1. The van der Waals surface area contributed by atoms with Gasteiger partial charge in [-0.25, -0.2) is 0 Å². The van der Waals surface area contributed by atoms with Crippen molar-refractivity contribution in [2.75, 3.05) is 14.1 Å². The van der Waals surface area contributed by atoms with Gasteiger partial charge < -0.3 is 4.90 Å². The third-order valence-corrected chi connectivity index (χ3v) is 5.42. The van der Waals surface area contributed by atoms with E-state index in [1.165, 1.54) is 0 Å². The maximum absolute atomic E-state index is 12.5. The van der Waals surface area contributed by atoms with E-state index >= 15 is 0 Å². The summed E-state index contributed by atoms with van der Waals surface area (Å²) in [5.41, 5.74) is 3.25. The average Bonchev–Trinajstić information content (AvgIpc) is 2.58. The third kappa shape index (κ3) is 1.60. The molecule has 2 saturated carbocycles. The molecule has 0 aliphatic heterocycles. The minimum atomic E-state index is -0.252. The lowest BCUT2D eigenvalue weighted by molar-refractivity contribution is -0.123. The summed E-state index contributed by atoms with van der Waals surface area (Å²) in [6.07, 6.45) is 2.02. The molecule has 0 aromatic heterocycles. The van der Waals surface area contributed by atoms with Gasteiger partial charge >= 0.3 is 0 Å². The SMILES string of the molecule is CN(C)C(=S)N/N=C1/C(=O)C2(C)CCC1C2(C)C. The van der Waals surface area contributed by atoms with Gasteiger partial charge in [0.25, 0.3) is 0 Å². The van der Waals surface area contributed by atoms with E-state index in [9.17, 15) is 4.79 Å². The van der Waals surface area contributed by atoms with Gasteiger partial charge in [0.15, 0.2) is 10.9 Å². The zero-order chi connectivity index (χ0) is 13.7. The first-order valence-corrected chi connectivity index (χ1v) is 6.72. The van der Waals surface area contributed by atoms with Gasteiger partial charge in [0.05, 0.1) is 0 Å². The Bertz CT molecular complexity index is 442. The van der Waals surface area contributed by atoms with E-state index in [0.29, 0.717) is 10.8 Å². The molecule has 1 N–H and O–H groups in total. The van der Waals surface area contributed by atoms with E-state index in [1.807, 2.05) is 14.1 Å². The minimum Gasteiger partial charge on any atom is -0.354 e. The molecule has 5 heteroatoms. The van der Waals surface area contributed by atoms with Crippen LogP contribution in [0.2, 0.25) is 0 Å². The first kappa shape index (κ1) is 13.5. The van der Waals surface area contributed by atoms with Crippen LogP contribution in [-0.2, 0) is 4.79 Å². The standard InChI is InChI=1S/C13H21N3OS/c1-12(2)8-6-7-13(12,3)10(17)9(8)14-15-11(18)16(4)5/h8H,6-7H2,1-5H3,(H,15,18)/b14-9+. The molecule has 4 nitrogen and oxygen atoms in total. The van der Waals surface area contributed by atoms with Crippen molar-refractivity contribution in [3.05, 3.63) is 0 Å². The van der Waals surface area contributed by atoms with Crippen molar-refractivity contribution in [3.63, 3.8) is 0 Å². The highest BCUT2D eigenvalue weighted by Crippen LogP contribution is 2.62. The lowest BCUT2D eigenvalue weighted by Gasteiger charge is -2.31. The summed E-state index contributed by atoms with van der Waals surface area (Å²) >= 11 is 5.12. The summed E-state index contributed by atoms with van der Waals surface area (Å²) in [7, 11) is 3.70. The molecule has 0 aromatic carbocycles. The van der Waals surface area contributed by atoms with Gasteiger partial charge in [-0.1, -0.05) is 20.8 Å². The molecule has 0 saturated heterocycles. The van der Waals surface area contributed by atoms with Crippen LogP contribution in [0.1, 0.15) is 33.6 Å². The number of carbonyl (C=O) groups excluding carboxylic acids is 1. The van der Waals surface area contributed by atoms with E-state index in [-0.39, 0.29) is 22.5 Å².